The van der Waals surface area contributed by atoms with Crippen LogP contribution in [0.5, 0.6) is 11.5 Å². The first-order valence-electron chi connectivity index (χ1n) is 8.36. The lowest BCUT2D eigenvalue weighted by Gasteiger charge is -2.12. The van der Waals surface area contributed by atoms with Crippen LogP contribution in [0.25, 0.3) is 0 Å². The molecule has 10 heteroatoms. The fraction of sp³-hybridized carbons (Fsp3) is 0.389. The number of alkyl halides is 2. The minimum Gasteiger partial charge on any atom is -0.493 e. The van der Waals surface area contributed by atoms with Crippen LogP contribution in [0.4, 0.5) is 8.78 Å². The highest BCUT2D eigenvalue weighted by Crippen LogP contribution is 2.29. The van der Waals surface area contributed by atoms with Crippen LogP contribution in [0.3, 0.4) is 0 Å². The molecule has 0 aliphatic carbocycles. The fourth-order valence-electron chi connectivity index (χ4n) is 2.39. The van der Waals surface area contributed by atoms with Crippen molar-refractivity contribution in [1.29, 1.82) is 0 Å². The van der Waals surface area contributed by atoms with Gasteiger partial charge in [0.1, 0.15) is 11.3 Å². The summed E-state index contributed by atoms with van der Waals surface area (Å²) in [6.07, 6.45) is 0.487. The third-order valence-corrected chi connectivity index (χ3v) is 3.74. The van der Waals surface area contributed by atoms with Gasteiger partial charge in [-0.2, -0.15) is 8.78 Å². The zero-order valence-electron chi connectivity index (χ0n) is 15.6. The van der Waals surface area contributed by atoms with Gasteiger partial charge in [0, 0.05) is 6.54 Å². The number of methoxy groups -OCH3 is 1. The van der Waals surface area contributed by atoms with Gasteiger partial charge in [0.05, 0.1) is 12.8 Å². The molecule has 1 aromatic heterocycles. The molecule has 0 saturated carbocycles. The molecule has 1 heterocycles. The number of halogens is 2. The lowest BCUT2D eigenvalue weighted by atomic mass is 10.1. The first-order chi connectivity index (χ1) is 13.3. The molecule has 152 valence electrons. The van der Waals surface area contributed by atoms with Crippen molar-refractivity contribution in [2.75, 3.05) is 13.7 Å². The molecular weight excluding hydrogens is 378 g/mol. The van der Waals surface area contributed by atoms with Crippen LogP contribution >= 0.6 is 0 Å². The fourth-order valence-corrected chi connectivity index (χ4v) is 2.39. The Bertz CT molecular complexity index is 837. The number of esters is 1. The number of carbonyl (C=O) groups excluding carboxylic acids is 2. The van der Waals surface area contributed by atoms with Crippen LogP contribution in [0, 0.1) is 6.92 Å². The van der Waals surface area contributed by atoms with E-state index in [4.69, 9.17) is 14.0 Å². The van der Waals surface area contributed by atoms with E-state index in [9.17, 15) is 18.4 Å². The van der Waals surface area contributed by atoms with Gasteiger partial charge in [-0.3, -0.25) is 4.79 Å². The molecule has 0 aliphatic heterocycles. The van der Waals surface area contributed by atoms with E-state index in [1.807, 2.05) is 6.92 Å². The van der Waals surface area contributed by atoms with E-state index in [2.05, 4.69) is 15.2 Å². The maximum atomic E-state index is 12.3. The second kappa shape index (κ2) is 9.67. The number of benzene rings is 1. The monoisotopic (exact) mass is 398 g/mol. The van der Waals surface area contributed by atoms with Crippen LogP contribution < -0.4 is 14.8 Å². The maximum Gasteiger partial charge on any atom is 0.387 e. The highest BCUT2D eigenvalue weighted by molar-refractivity contribution is 5.93. The standard InChI is InChI=1S/C18H20F2N2O6/c1-4-12-16(10(2)28-22-12)17(24)26-9-15(23)21-8-11-5-6-13(27-18(19)20)14(7-11)25-3/h5-7,18H,4,8-9H2,1-3H3,(H,21,23). The lowest BCUT2D eigenvalue weighted by Crippen LogP contribution is -2.28. The molecule has 1 amide bonds. The number of nitrogens with zero attached hydrogens (tertiary/aromatic N) is 1. The van der Waals surface area contributed by atoms with Crippen molar-refractivity contribution < 1.29 is 37.1 Å². The van der Waals surface area contributed by atoms with Gasteiger partial charge in [0.15, 0.2) is 18.1 Å². The highest BCUT2D eigenvalue weighted by atomic mass is 19.3. The molecule has 1 aromatic carbocycles. The van der Waals surface area contributed by atoms with E-state index in [1.54, 1.807) is 6.92 Å². The third-order valence-electron chi connectivity index (χ3n) is 3.74. The van der Waals surface area contributed by atoms with Gasteiger partial charge >= 0.3 is 12.6 Å². The number of rotatable bonds is 9. The molecule has 1 N–H and O–H groups in total. The smallest absolute Gasteiger partial charge is 0.387 e. The van der Waals surface area contributed by atoms with Crippen molar-refractivity contribution in [1.82, 2.24) is 10.5 Å². The van der Waals surface area contributed by atoms with E-state index in [1.165, 1.54) is 25.3 Å². The average molecular weight is 398 g/mol. The van der Waals surface area contributed by atoms with Crippen molar-refractivity contribution >= 4 is 11.9 Å². The molecule has 0 saturated heterocycles. The van der Waals surface area contributed by atoms with Gasteiger partial charge in [-0.1, -0.05) is 18.1 Å². The van der Waals surface area contributed by atoms with Crippen LogP contribution in [-0.4, -0.2) is 37.4 Å². The Morgan fingerprint density at radius 3 is 2.68 bits per heavy atom. The van der Waals surface area contributed by atoms with Gasteiger partial charge in [0.2, 0.25) is 0 Å². The molecule has 2 aromatic rings. The summed E-state index contributed by atoms with van der Waals surface area (Å²) in [5.74, 6) is -0.917. The SMILES string of the molecule is CCc1noc(C)c1C(=O)OCC(=O)NCc1ccc(OC(F)F)c(OC)c1. The van der Waals surface area contributed by atoms with Crippen molar-refractivity contribution in [2.24, 2.45) is 0 Å². The number of carbonyl (C=O) groups is 2. The summed E-state index contributed by atoms with van der Waals surface area (Å²) in [6, 6.07) is 4.27. The summed E-state index contributed by atoms with van der Waals surface area (Å²) in [6.45, 7) is 0.00545. The maximum absolute atomic E-state index is 12.3. The minimum absolute atomic E-state index is 0.0776. The topological polar surface area (TPSA) is 99.9 Å². The molecule has 0 fully saturated rings. The Morgan fingerprint density at radius 2 is 2.04 bits per heavy atom. The molecule has 0 radical (unpaired) electrons. The summed E-state index contributed by atoms with van der Waals surface area (Å²) in [5, 5.41) is 6.31. The molecule has 0 unspecified atom stereocenters. The van der Waals surface area contributed by atoms with Crippen LogP contribution in [0.2, 0.25) is 0 Å². The van der Waals surface area contributed by atoms with Crippen LogP contribution in [-0.2, 0) is 22.5 Å². The van der Waals surface area contributed by atoms with Crippen molar-refractivity contribution in [3.8, 4) is 11.5 Å². The first-order valence-corrected chi connectivity index (χ1v) is 8.36. The van der Waals surface area contributed by atoms with Crippen molar-refractivity contribution in [2.45, 2.75) is 33.4 Å². The number of ether oxygens (including phenoxy) is 3. The minimum atomic E-state index is -2.98. The molecular formula is C18H20F2N2O6. The lowest BCUT2D eigenvalue weighted by molar-refractivity contribution is -0.124. The van der Waals surface area contributed by atoms with E-state index >= 15 is 0 Å². The van der Waals surface area contributed by atoms with E-state index in [0.29, 0.717) is 23.4 Å². The van der Waals surface area contributed by atoms with Gasteiger partial charge < -0.3 is 24.1 Å². The third kappa shape index (κ3) is 5.41. The zero-order valence-corrected chi connectivity index (χ0v) is 15.6. The molecule has 0 atom stereocenters. The van der Waals surface area contributed by atoms with Gasteiger partial charge in [-0.25, -0.2) is 4.79 Å². The summed E-state index contributed by atoms with van der Waals surface area (Å²) in [4.78, 5) is 24.0. The summed E-state index contributed by atoms with van der Waals surface area (Å²) >= 11 is 0. The Labute approximate surface area is 159 Å². The zero-order chi connectivity index (χ0) is 20.7. The quantitative estimate of drug-likeness (QED) is 0.648. The second-order valence-electron chi connectivity index (χ2n) is 5.63. The molecule has 0 aliphatic rings. The molecule has 0 bridgehead atoms. The molecule has 28 heavy (non-hydrogen) atoms. The largest absolute Gasteiger partial charge is 0.493 e. The number of aromatic nitrogens is 1. The van der Waals surface area contributed by atoms with Gasteiger partial charge in [-0.05, 0) is 31.0 Å². The predicted molar refractivity (Wildman–Crippen MR) is 92.4 cm³/mol. The first kappa shape index (κ1) is 21.1. The predicted octanol–water partition coefficient (Wildman–Crippen LogP) is 2.63. The normalized spacial score (nSPS) is 10.6. The molecule has 0 spiro atoms. The van der Waals surface area contributed by atoms with Gasteiger partial charge in [0.25, 0.3) is 5.91 Å². The van der Waals surface area contributed by atoms with Crippen LogP contribution in [0.15, 0.2) is 22.7 Å². The number of hydrogen-bond acceptors (Lipinski definition) is 7. The van der Waals surface area contributed by atoms with E-state index in [-0.39, 0.29) is 23.6 Å². The summed E-state index contributed by atoms with van der Waals surface area (Å²) < 4.78 is 43.9. The van der Waals surface area contributed by atoms with E-state index in [0.717, 1.165) is 0 Å². The number of nitrogens with one attached hydrogen (secondary N) is 1. The van der Waals surface area contributed by atoms with Crippen molar-refractivity contribution in [3.05, 3.63) is 40.8 Å². The van der Waals surface area contributed by atoms with Crippen LogP contribution in [0.1, 0.15) is 34.3 Å². The Balaban J connectivity index is 1.88. The highest BCUT2D eigenvalue weighted by Gasteiger charge is 2.21. The molecule has 8 nitrogen and oxygen atoms in total. The Morgan fingerprint density at radius 1 is 1.29 bits per heavy atom. The number of hydrogen-bond donors (Lipinski definition) is 1. The Hall–Kier alpha value is -3.17. The van der Waals surface area contributed by atoms with Gasteiger partial charge in [-0.15, -0.1) is 0 Å². The van der Waals surface area contributed by atoms with E-state index < -0.39 is 25.1 Å². The number of amides is 1. The summed E-state index contributed by atoms with van der Waals surface area (Å²) in [5.41, 5.74) is 1.26. The summed E-state index contributed by atoms with van der Waals surface area (Å²) in [7, 11) is 1.31. The molecule has 2 rings (SSSR count). The number of aryl methyl sites for hydroxylation is 2. The second-order valence-corrected chi connectivity index (χ2v) is 5.63. The average Bonchev–Trinajstić information content (AvgIpc) is 3.05. The Kier molecular flexibility index (Phi) is 7.30. The van der Waals surface area contributed by atoms with Crippen molar-refractivity contribution in [3.63, 3.8) is 0 Å².